The minimum atomic E-state index is -0.619. The first-order chi connectivity index (χ1) is 17.9. The molecule has 0 radical (unpaired) electrons. The predicted molar refractivity (Wildman–Crippen MR) is 141 cm³/mol. The summed E-state index contributed by atoms with van der Waals surface area (Å²) in [6, 6.07) is 8.09. The van der Waals surface area contributed by atoms with Gasteiger partial charge in [0.1, 0.15) is 11.6 Å². The molecule has 2 saturated heterocycles. The normalized spacial score (nSPS) is 18.6. The van der Waals surface area contributed by atoms with Crippen molar-refractivity contribution >= 4 is 33.9 Å². The molecule has 0 saturated carbocycles. The van der Waals surface area contributed by atoms with E-state index < -0.39 is 5.54 Å². The maximum absolute atomic E-state index is 12.5. The van der Waals surface area contributed by atoms with Gasteiger partial charge in [0, 0.05) is 39.6 Å². The van der Waals surface area contributed by atoms with Crippen molar-refractivity contribution < 1.29 is 9.53 Å². The number of para-hydroxylation sites is 2. The molecule has 6 rings (SSSR count). The van der Waals surface area contributed by atoms with E-state index in [9.17, 15) is 4.79 Å². The lowest BCUT2D eigenvalue weighted by molar-refractivity contribution is -0.135. The monoisotopic (exact) mass is 503 g/mol. The average Bonchev–Trinajstić information content (AvgIpc) is 3.44. The van der Waals surface area contributed by atoms with Crippen LogP contribution in [0.5, 0.6) is 0 Å². The smallest absolute Gasteiger partial charge is 0.240 e. The molecule has 37 heavy (non-hydrogen) atoms. The number of aromatic nitrogens is 6. The minimum Gasteiger partial charge on any atom is -0.378 e. The molecule has 2 fully saturated rings. The van der Waals surface area contributed by atoms with Gasteiger partial charge in [0.25, 0.3) is 0 Å². The largest absolute Gasteiger partial charge is 0.378 e. The number of nitrogens with one attached hydrogen (secondary N) is 1. The third-order valence-electron chi connectivity index (χ3n) is 7.58. The molecule has 4 aromatic rings. The second-order valence-corrected chi connectivity index (χ2v) is 10.1. The van der Waals surface area contributed by atoms with E-state index in [1.807, 2.05) is 43.7 Å². The summed E-state index contributed by atoms with van der Waals surface area (Å²) in [5.41, 5.74) is 2.82. The number of anilines is 1. The second kappa shape index (κ2) is 9.07. The summed E-state index contributed by atoms with van der Waals surface area (Å²) < 4.78 is 9.72. The summed E-state index contributed by atoms with van der Waals surface area (Å²) in [6.07, 6.45) is 0.756. The molecule has 11 heteroatoms. The SMILES string of the molecule is CCc1nc2ccccc2n1-c1nc(N2CCOCC2)c2nc(CN3CCNC(=O)C3(C)C)n(C)c2n1. The zero-order valence-corrected chi connectivity index (χ0v) is 21.9. The molecule has 2 aliphatic rings. The lowest BCUT2D eigenvalue weighted by atomic mass is 9.99. The Kier molecular flexibility index (Phi) is 5.84. The third kappa shape index (κ3) is 3.93. The molecule has 1 amide bonds. The molecule has 194 valence electrons. The van der Waals surface area contributed by atoms with Gasteiger partial charge in [-0.25, -0.2) is 9.97 Å². The first kappa shape index (κ1) is 23.8. The van der Waals surface area contributed by atoms with E-state index in [2.05, 4.69) is 32.7 Å². The van der Waals surface area contributed by atoms with Crippen LogP contribution in [-0.2, 0) is 29.5 Å². The molecule has 2 aliphatic heterocycles. The Morgan fingerprint density at radius 2 is 1.81 bits per heavy atom. The number of imidazole rings is 2. The molecule has 0 atom stereocenters. The highest BCUT2D eigenvalue weighted by atomic mass is 16.5. The van der Waals surface area contributed by atoms with Gasteiger partial charge in [-0.2, -0.15) is 9.97 Å². The van der Waals surface area contributed by atoms with Gasteiger partial charge >= 0.3 is 0 Å². The number of carbonyl (C=O) groups is 1. The van der Waals surface area contributed by atoms with E-state index in [0.29, 0.717) is 32.3 Å². The molecule has 1 aromatic carbocycles. The fraction of sp³-hybridized carbons (Fsp3) is 0.500. The van der Waals surface area contributed by atoms with Crippen LogP contribution in [0.25, 0.3) is 28.1 Å². The van der Waals surface area contributed by atoms with Gasteiger partial charge in [-0.15, -0.1) is 0 Å². The van der Waals surface area contributed by atoms with Gasteiger partial charge < -0.3 is 19.5 Å². The molecule has 3 aromatic heterocycles. The zero-order chi connectivity index (χ0) is 25.7. The predicted octanol–water partition coefficient (Wildman–Crippen LogP) is 1.81. The highest BCUT2D eigenvalue weighted by molar-refractivity contribution is 5.87. The van der Waals surface area contributed by atoms with Crippen LogP contribution >= 0.6 is 0 Å². The Morgan fingerprint density at radius 3 is 2.59 bits per heavy atom. The van der Waals surface area contributed by atoms with Crippen LogP contribution in [0, 0.1) is 0 Å². The van der Waals surface area contributed by atoms with Crippen LogP contribution in [-0.4, -0.2) is 84.8 Å². The molecule has 11 nitrogen and oxygen atoms in total. The van der Waals surface area contributed by atoms with Crippen LogP contribution < -0.4 is 10.2 Å². The van der Waals surface area contributed by atoms with Crippen LogP contribution in [0.4, 0.5) is 5.82 Å². The Hall–Kier alpha value is -3.57. The Labute approximate surface area is 215 Å². The first-order valence-corrected chi connectivity index (χ1v) is 12.9. The number of hydrogen-bond acceptors (Lipinski definition) is 8. The minimum absolute atomic E-state index is 0.0349. The maximum atomic E-state index is 12.5. The fourth-order valence-corrected chi connectivity index (χ4v) is 5.24. The maximum Gasteiger partial charge on any atom is 0.240 e. The first-order valence-electron chi connectivity index (χ1n) is 12.9. The van der Waals surface area contributed by atoms with Gasteiger partial charge in [0.2, 0.25) is 11.9 Å². The molecule has 0 aliphatic carbocycles. The molecule has 0 bridgehead atoms. The zero-order valence-electron chi connectivity index (χ0n) is 21.9. The van der Waals surface area contributed by atoms with Gasteiger partial charge in [-0.1, -0.05) is 19.1 Å². The fourth-order valence-electron chi connectivity index (χ4n) is 5.24. The number of fused-ring (bicyclic) bond motifs is 2. The standard InChI is InChI=1S/C26H33N9O2/c1-5-19-28-17-8-6-7-9-18(17)35(19)25-30-22-21(23(31-25)33-12-14-37-15-13-33)29-20(32(22)4)16-34-11-10-27-24(36)26(34,2)3/h6-9H,5,10-16H2,1-4H3,(H,27,36). The number of benzene rings is 1. The van der Waals surface area contributed by atoms with E-state index in [4.69, 9.17) is 24.7 Å². The lowest BCUT2D eigenvalue weighted by Crippen LogP contribution is -2.61. The molecule has 0 spiro atoms. The van der Waals surface area contributed by atoms with Crippen molar-refractivity contribution in [3.63, 3.8) is 0 Å². The number of hydrogen-bond donors (Lipinski definition) is 1. The topological polar surface area (TPSA) is 106 Å². The number of morpholine rings is 1. The summed E-state index contributed by atoms with van der Waals surface area (Å²) in [5.74, 6) is 3.20. The highest BCUT2D eigenvalue weighted by Gasteiger charge is 2.38. The molecular formula is C26H33N9O2. The van der Waals surface area contributed by atoms with Gasteiger partial charge in [0.15, 0.2) is 17.0 Å². The van der Waals surface area contributed by atoms with Crippen molar-refractivity contribution in [2.45, 2.75) is 39.3 Å². The van der Waals surface area contributed by atoms with Gasteiger partial charge in [-0.3, -0.25) is 14.3 Å². The van der Waals surface area contributed by atoms with Crippen molar-refractivity contribution in [1.82, 2.24) is 39.3 Å². The quantitative estimate of drug-likeness (QED) is 0.440. The molecule has 0 unspecified atom stereocenters. The van der Waals surface area contributed by atoms with E-state index in [-0.39, 0.29) is 5.91 Å². The summed E-state index contributed by atoms with van der Waals surface area (Å²) >= 11 is 0. The number of aryl methyl sites for hydroxylation is 2. The number of piperazine rings is 1. The van der Waals surface area contributed by atoms with Gasteiger partial charge in [0.05, 0.1) is 36.3 Å². The summed E-state index contributed by atoms with van der Waals surface area (Å²) in [5, 5.41) is 2.97. The third-order valence-corrected chi connectivity index (χ3v) is 7.58. The van der Waals surface area contributed by atoms with E-state index in [1.54, 1.807) is 0 Å². The van der Waals surface area contributed by atoms with Gasteiger partial charge in [-0.05, 0) is 26.0 Å². The van der Waals surface area contributed by atoms with E-state index >= 15 is 0 Å². The Balaban J connectivity index is 1.52. The molecular weight excluding hydrogens is 470 g/mol. The van der Waals surface area contributed by atoms with E-state index in [1.165, 1.54) is 0 Å². The Bertz CT molecular complexity index is 1480. The van der Waals surface area contributed by atoms with Crippen molar-refractivity contribution in [3.05, 3.63) is 35.9 Å². The van der Waals surface area contributed by atoms with Crippen LogP contribution in [0.1, 0.15) is 32.4 Å². The number of amides is 1. The lowest BCUT2D eigenvalue weighted by Gasteiger charge is -2.40. The average molecular weight is 504 g/mol. The number of nitrogens with zero attached hydrogens (tertiary/aromatic N) is 8. The van der Waals surface area contributed by atoms with Crippen LogP contribution in [0.15, 0.2) is 24.3 Å². The van der Waals surface area contributed by atoms with Crippen LogP contribution in [0.3, 0.4) is 0 Å². The van der Waals surface area contributed by atoms with Crippen molar-refractivity contribution in [3.8, 4) is 5.95 Å². The molecule has 5 heterocycles. The van der Waals surface area contributed by atoms with Crippen molar-refractivity contribution in [1.29, 1.82) is 0 Å². The number of ether oxygens (including phenoxy) is 1. The molecule has 1 N–H and O–H groups in total. The summed E-state index contributed by atoms with van der Waals surface area (Å²) in [6.45, 7) is 10.7. The van der Waals surface area contributed by atoms with Crippen LogP contribution in [0.2, 0.25) is 0 Å². The highest BCUT2D eigenvalue weighted by Crippen LogP contribution is 2.29. The number of rotatable bonds is 5. The van der Waals surface area contributed by atoms with Crippen molar-refractivity contribution in [2.75, 3.05) is 44.3 Å². The van der Waals surface area contributed by atoms with E-state index in [0.717, 1.165) is 65.7 Å². The summed E-state index contributed by atoms with van der Waals surface area (Å²) in [4.78, 5) is 37.0. The van der Waals surface area contributed by atoms with Crippen molar-refractivity contribution in [2.24, 2.45) is 7.05 Å². The number of carbonyl (C=O) groups excluding carboxylic acids is 1. The second-order valence-electron chi connectivity index (χ2n) is 10.1. The summed E-state index contributed by atoms with van der Waals surface area (Å²) in [7, 11) is 1.99. The Morgan fingerprint density at radius 1 is 1.03 bits per heavy atom.